The molecule has 1 aliphatic heterocycles. The molecular formula is C24H20FN3O2S3. The first-order chi connectivity index (χ1) is 15.9. The van der Waals surface area contributed by atoms with E-state index >= 15 is 0 Å². The molecule has 1 N–H and O–H groups in total. The van der Waals surface area contributed by atoms with E-state index in [9.17, 15) is 14.0 Å². The lowest BCUT2D eigenvalue weighted by Gasteiger charge is -2.13. The van der Waals surface area contributed by atoms with Gasteiger partial charge in [0.1, 0.15) is 10.1 Å². The highest BCUT2D eigenvalue weighted by molar-refractivity contribution is 8.26. The largest absolute Gasteiger partial charge is 0.302 e. The summed E-state index contributed by atoms with van der Waals surface area (Å²) in [7, 11) is 0. The molecule has 0 bridgehead atoms. The first kappa shape index (κ1) is 23.3. The second-order valence-corrected chi connectivity index (χ2v) is 10.3. The molecule has 0 spiro atoms. The number of amides is 2. The van der Waals surface area contributed by atoms with Crippen LogP contribution in [0.2, 0.25) is 0 Å². The third kappa shape index (κ3) is 6.13. The number of hydrogen-bond acceptors (Lipinski definition) is 6. The van der Waals surface area contributed by atoms with Gasteiger partial charge in [-0.1, -0.05) is 65.9 Å². The number of thiazole rings is 1. The van der Waals surface area contributed by atoms with Gasteiger partial charge in [0.05, 0.1) is 4.91 Å². The number of thiocarbonyl (C=S) groups is 1. The van der Waals surface area contributed by atoms with Crippen molar-refractivity contribution in [2.75, 3.05) is 11.9 Å². The Morgan fingerprint density at radius 3 is 2.64 bits per heavy atom. The number of hydrogen-bond donors (Lipinski definition) is 1. The average Bonchev–Trinajstić information content (AvgIpc) is 3.33. The molecule has 1 saturated heterocycles. The Kier molecular flexibility index (Phi) is 7.32. The predicted octanol–water partition coefficient (Wildman–Crippen LogP) is 5.41. The second kappa shape index (κ2) is 10.4. The summed E-state index contributed by atoms with van der Waals surface area (Å²) in [5.41, 5.74) is 3.11. The molecule has 2 heterocycles. The standard InChI is InChI=1S/C24H20FN3O2S3/c1-15-2-4-16(5-3-15)12-19-14-26-23(32-19)27-21(29)10-11-28-22(30)20(33-24(28)31)13-17-6-8-18(25)9-7-17/h2-9,13-14H,10-12H2,1H3,(H,26,27,29). The summed E-state index contributed by atoms with van der Waals surface area (Å²) in [6, 6.07) is 14.2. The Labute approximate surface area is 204 Å². The van der Waals surface area contributed by atoms with E-state index in [0.717, 1.165) is 11.3 Å². The third-order valence-corrected chi connectivity index (χ3v) is 7.19. The second-order valence-electron chi connectivity index (χ2n) is 7.48. The fourth-order valence-corrected chi connectivity index (χ4v) is 5.32. The van der Waals surface area contributed by atoms with E-state index in [1.165, 1.54) is 51.3 Å². The van der Waals surface area contributed by atoms with Gasteiger partial charge in [0.25, 0.3) is 5.91 Å². The van der Waals surface area contributed by atoms with Gasteiger partial charge >= 0.3 is 0 Å². The highest BCUT2D eigenvalue weighted by atomic mass is 32.2. The zero-order chi connectivity index (χ0) is 23.4. The van der Waals surface area contributed by atoms with Crippen LogP contribution >= 0.6 is 35.3 Å². The lowest BCUT2D eigenvalue weighted by Crippen LogP contribution is -2.31. The maximum absolute atomic E-state index is 13.1. The summed E-state index contributed by atoms with van der Waals surface area (Å²) in [6.07, 6.45) is 4.29. The molecule has 0 atom stereocenters. The van der Waals surface area contributed by atoms with E-state index in [2.05, 4.69) is 34.6 Å². The Morgan fingerprint density at radius 1 is 1.18 bits per heavy atom. The SMILES string of the molecule is Cc1ccc(Cc2cnc(NC(=O)CCN3C(=O)C(=Cc4ccc(F)cc4)SC3=S)s2)cc1. The highest BCUT2D eigenvalue weighted by Crippen LogP contribution is 2.32. The summed E-state index contributed by atoms with van der Waals surface area (Å²) >= 11 is 7.92. The molecule has 0 radical (unpaired) electrons. The van der Waals surface area contributed by atoms with Crippen LogP contribution in [0.25, 0.3) is 6.08 Å². The van der Waals surface area contributed by atoms with E-state index in [-0.39, 0.29) is 30.6 Å². The van der Waals surface area contributed by atoms with Crippen molar-refractivity contribution >= 4 is 62.7 Å². The Balaban J connectivity index is 1.30. The Hall–Kier alpha value is -2.88. The summed E-state index contributed by atoms with van der Waals surface area (Å²) in [4.78, 5) is 32.3. The zero-order valence-corrected chi connectivity index (χ0v) is 20.2. The number of aromatic nitrogens is 1. The third-order valence-electron chi connectivity index (χ3n) is 4.90. The van der Waals surface area contributed by atoms with Crippen molar-refractivity contribution in [1.82, 2.24) is 9.88 Å². The first-order valence-corrected chi connectivity index (χ1v) is 12.2. The highest BCUT2D eigenvalue weighted by Gasteiger charge is 2.32. The van der Waals surface area contributed by atoms with Gasteiger partial charge in [-0.05, 0) is 36.3 Å². The number of rotatable bonds is 7. The van der Waals surface area contributed by atoms with Gasteiger partial charge in [-0.25, -0.2) is 9.37 Å². The van der Waals surface area contributed by atoms with Gasteiger partial charge in [-0.15, -0.1) is 11.3 Å². The van der Waals surface area contributed by atoms with Gasteiger partial charge < -0.3 is 5.32 Å². The topological polar surface area (TPSA) is 62.3 Å². The molecule has 0 aliphatic carbocycles. The summed E-state index contributed by atoms with van der Waals surface area (Å²) in [5.74, 6) is -0.826. The molecule has 0 unspecified atom stereocenters. The van der Waals surface area contributed by atoms with Crippen LogP contribution in [0.5, 0.6) is 0 Å². The van der Waals surface area contributed by atoms with Crippen LogP contribution in [-0.2, 0) is 16.0 Å². The number of carbonyl (C=O) groups excluding carboxylic acids is 2. The number of anilines is 1. The van der Waals surface area contributed by atoms with E-state index in [1.54, 1.807) is 24.4 Å². The average molecular weight is 498 g/mol. The van der Waals surface area contributed by atoms with E-state index in [4.69, 9.17) is 12.2 Å². The van der Waals surface area contributed by atoms with Gasteiger partial charge in [0, 0.05) is 30.5 Å². The van der Waals surface area contributed by atoms with Crippen molar-refractivity contribution in [3.63, 3.8) is 0 Å². The Morgan fingerprint density at radius 2 is 1.91 bits per heavy atom. The van der Waals surface area contributed by atoms with Gasteiger partial charge in [0.15, 0.2) is 5.13 Å². The summed E-state index contributed by atoms with van der Waals surface area (Å²) < 4.78 is 13.5. The molecule has 168 valence electrons. The van der Waals surface area contributed by atoms with Crippen molar-refractivity contribution in [2.24, 2.45) is 0 Å². The van der Waals surface area contributed by atoms with Gasteiger partial charge in [0.2, 0.25) is 5.91 Å². The fraction of sp³-hybridized carbons (Fsp3) is 0.167. The normalized spacial score (nSPS) is 14.8. The molecular weight excluding hydrogens is 477 g/mol. The molecule has 3 aromatic rings. The van der Waals surface area contributed by atoms with Crippen LogP contribution in [0, 0.1) is 12.7 Å². The minimum absolute atomic E-state index is 0.100. The number of nitrogens with one attached hydrogen (secondary N) is 1. The maximum Gasteiger partial charge on any atom is 0.266 e. The lowest BCUT2D eigenvalue weighted by molar-refractivity contribution is -0.122. The van der Waals surface area contributed by atoms with Crippen molar-refractivity contribution in [2.45, 2.75) is 19.8 Å². The van der Waals surface area contributed by atoms with Crippen molar-refractivity contribution in [1.29, 1.82) is 0 Å². The smallest absolute Gasteiger partial charge is 0.266 e. The molecule has 1 aliphatic rings. The minimum atomic E-state index is -0.340. The number of thioether (sulfide) groups is 1. The molecule has 4 rings (SSSR count). The lowest BCUT2D eigenvalue weighted by atomic mass is 10.1. The molecule has 5 nitrogen and oxygen atoms in total. The predicted molar refractivity (Wildman–Crippen MR) is 136 cm³/mol. The van der Waals surface area contributed by atoms with Gasteiger partial charge in [-0.3, -0.25) is 14.5 Å². The zero-order valence-electron chi connectivity index (χ0n) is 17.7. The fourth-order valence-electron chi connectivity index (χ4n) is 3.15. The quantitative estimate of drug-likeness (QED) is 0.349. The van der Waals surface area contributed by atoms with Gasteiger partial charge in [-0.2, -0.15) is 0 Å². The van der Waals surface area contributed by atoms with Crippen LogP contribution in [0.1, 0.15) is 28.0 Å². The van der Waals surface area contributed by atoms with E-state index in [1.807, 2.05) is 6.92 Å². The molecule has 2 amide bonds. The van der Waals surface area contributed by atoms with Crippen molar-refractivity contribution in [3.8, 4) is 0 Å². The molecule has 0 saturated carbocycles. The number of nitrogens with zero attached hydrogens (tertiary/aromatic N) is 2. The van der Waals surface area contributed by atoms with Crippen molar-refractivity contribution < 1.29 is 14.0 Å². The number of halogens is 1. The first-order valence-electron chi connectivity index (χ1n) is 10.2. The monoisotopic (exact) mass is 497 g/mol. The number of benzene rings is 2. The molecule has 2 aromatic carbocycles. The van der Waals surface area contributed by atoms with E-state index in [0.29, 0.717) is 19.9 Å². The molecule has 9 heteroatoms. The van der Waals surface area contributed by atoms with Crippen LogP contribution in [0.4, 0.5) is 9.52 Å². The number of carbonyl (C=O) groups is 2. The Bertz CT molecular complexity index is 1220. The van der Waals surface area contributed by atoms with Crippen LogP contribution in [-0.4, -0.2) is 32.6 Å². The molecule has 33 heavy (non-hydrogen) atoms. The molecule has 1 fully saturated rings. The van der Waals surface area contributed by atoms with Crippen LogP contribution in [0.3, 0.4) is 0 Å². The summed E-state index contributed by atoms with van der Waals surface area (Å²) in [5, 5.41) is 3.33. The minimum Gasteiger partial charge on any atom is -0.302 e. The van der Waals surface area contributed by atoms with Crippen molar-refractivity contribution in [3.05, 3.63) is 87.0 Å². The van der Waals surface area contributed by atoms with Crippen LogP contribution < -0.4 is 5.32 Å². The van der Waals surface area contributed by atoms with Crippen LogP contribution in [0.15, 0.2) is 59.6 Å². The maximum atomic E-state index is 13.1. The van der Waals surface area contributed by atoms with E-state index < -0.39 is 0 Å². The molecule has 1 aromatic heterocycles. The number of aryl methyl sites for hydroxylation is 1. The summed E-state index contributed by atoms with van der Waals surface area (Å²) in [6.45, 7) is 2.23.